The van der Waals surface area contributed by atoms with Crippen LogP contribution >= 0.6 is 0 Å². The fourth-order valence-electron chi connectivity index (χ4n) is 1.05. The molecule has 1 rings (SSSR count). The van der Waals surface area contributed by atoms with Gasteiger partial charge in [0.2, 0.25) is 0 Å². The number of nitrogens with zero attached hydrogens (tertiary/aromatic N) is 1. The maximum atomic E-state index is 13.1. The summed E-state index contributed by atoms with van der Waals surface area (Å²) in [6.45, 7) is 1.26. The molecular formula is C9H8F2N2. The molecule has 0 heterocycles. The molecule has 4 heteroatoms. The Labute approximate surface area is 74.6 Å². The normalized spacial score (nSPS) is 14.7. The van der Waals surface area contributed by atoms with Gasteiger partial charge in [-0.2, -0.15) is 5.26 Å². The van der Waals surface area contributed by atoms with Crippen molar-refractivity contribution >= 4 is 0 Å². The summed E-state index contributed by atoms with van der Waals surface area (Å²) in [7, 11) is 0. The van der Waals surface area contributed by atoms with Crippen molar-refractivity contribution in [3.05, 3.63) is 35.4 Å². The Kier molecular flexibility index (Phi) is 2.30. The van der Waals surface area contributed by atoms with Crippen LogP contribution in [0.1, 0.15) is 12.5 Å². The molecule has 1 aromatic rings. The van der Waals surface area contributed by atoms with Gasteiger partial charge in [-0.25, -0.2) is 8.78 Å². The SMILES string of the molecule is CC(N)(C#N)c1c(F)cccc1F. The molecule has 2 N–H and O–H groups in total. The van der Waals surface area contributed by atoms with Gasteiger partial charge in [0.25, 0.3) is 0 Å². The lowest BCUT2D eigenvalue weighted by Gasteiger charge is -2.16. The third-order valence-electron chi connectivity index (χ3n) is 1.71. The topological polar surface area (TPSA) is 49.8 Å². The Morgan fingerprint density at radius 2 is 1.85 bits per heavy atom. The third kappa shape index (κ3) is 1.65. The second-order valence-electron chi connectivity index (χ2n) is 2.91. The summed E-state index contributed by atoms with van der Waals surface area (Å²) in [5.41, 5.74) is 3.38. The standard InChI is InChI=1S/C9H8F2N2/c1-9(13,5-12)8-6(10)3-2-4-7(8)11/h2-4H,13H2,1H3. The minimum absolute atomic E-state index is 0.391. The van der Waals surface area contributed by atoms with Crippen LogP contribution in [0.15, 0.2) is 18.2 Å². The molecule has 0 fully saturated rings. The summed E-state index contributed by atoms with van der Waals surface area (Å²) in [4.78, 5) is 0. The second kappa shape index (κ2) is 3.11. The highest BCUT2D eigenvalue weighted by molar-refractivity contribution is 5.32. The largest absolute Gasteiger partial charge is 0.310 e. The maximum absolute atomic E-state index is 13.1. The summed E-state index contributed by atoms with van der Waals surface area (Å²) in [6, 6.07) is 5.00. The minimum atomic E-state index is -1.63. The van der Waals surface area contributed by atoms with Gasteiger partial charge < -0.3 is 5.73 Å². The van der Waals surface area contributed by atoms with Crippen molar-refractivity contribution in [2.45, 2.75) is 12.5 Å². The molecule has 0 radical (unpaired) electrons. The summed E-state index contributed by atoms with van der Waals surface area (Å²) in [6.07, 6.45) is 0. The van der Waals surface area contributed by atoms with E-state index in [9.17, 15) is 8.78 Å². The highest BCUT2D eigenvalue weighted by atomic mass is 19.1. The van der Waals surface area contributed by atoms with Crippen molar-refractivity contribution in [3.63, 3.8) is 0 Å². The molecule has 13 heavy (non-hydrogen) atoms. The minimum Gasteiger partial charge on any atom is -0.310 e. The molecule has 68 valence electrons. The molecule has 1 atom stereocenters. The van der Waals surface area contributed by atoms with Crippen molar-refractivity contribution in [1.29, 1.82) is 5.26 Å². The van der Waals surface area contributed by atoms with Gasteiger partial charge in [-0.05, 0) is 19.1 Å². The molecular weight excluding hydrogens is 174 g/mol. The predicted molar refractivity (Wildman–Crippen MR) is 43.5 cm³/mol. The average molecular weight is 182 g/mol. The van der Waals surface area contributed by atoms with Crippen LogP contribution in [0.4, 0.5) is 8.78 Å². The number of nitriles is 1. The van der Waals surface area contributed by atoms with Gasteiger partial charge in [0.05, 0.1) is 11.6 Å². The second-order valence-corrected chi connectivity index (χ2v) is 2.91. The summed E-state index contributed by atoms with van der Waals surface area (Å²) < 4.78 is 26.1. The molecule has 2 nitrogen and oxygen atoms in total. The van der Waals surface area contributed by atoms with Gasteiger partial charge in [-0.15, -0.1) is 0 Å². The Hall–Kier alpha value is -1.47. The smallest absolute Gasteiger partial charge is 0.132 e. The van der Waals surface area contributed by atoms with E-state index in [1.165, 1.54) is 13.0 Å². The van der Waals surface area contributed by atoms with Crippen molar-refractivity contribution in [3.8, 4) is 6.07 Å². The summed E-state index contributed by atoms with van der Waals surface area (Å²) in [5.74, 6) is -1.60. The molecule has 0 spiro atoms. The van der Waals surface area contributed by atoms with Gasteiger partial charge in [-0.3, -0.25) is 0 Å². The Morgan fingerprint density at radius 1 is 1.38 bits per heavy atom. The van der Waals surface area contributed by atoms with E-state index in [0.717, 1.165) is 12.1 Å². The van der Waals surface area contributed by atoms with Gasteiger partial charge >= 0.3 is 0 Å². The van der Waals surface area contributed by atoms with E-state index in [1.54, 1.807) is 6.07 Å². The molecule has 0 amide bonds. The fraction of sp³-hybridized carbons (Fsp3) is 0.222. The molecule has 0 aliphatic carbocycles. The van der Waals surface area contributed by atoms with Crippen molar-refractivity contribution < 1.29 is 8.78 Å². The molecule has 1 aromatic carbocycles. The summed E-state index contributed by atoms with van der Waals surface area (Å²) in [5, 5.41) is 8.59. The first-order valence-electron chi connectivity index (χ1n) is 3.63. The molecule has 0 saturated carbocycles. The van der Waals surface area contributed by atoms with E-state index in [1.807, 2.05) is 0 Å². The van der Waals surface area contributed by atoms with Crippen LogP contribution < -0.4 is 5.73 Å². The lowest BCUT2D eigenvalue weighted by Crippen LogP contribution is -2.33. The first-order valence-corrected chi connectivity index (χ1v) is 3.63. The van der Waals surface area contributed by atoms with Crippen LogP contribution in [-0.2, 0) is 5.54 Å². The highest BCUT2D eigenvalue weighted by Gasteiger charge is 2.27. The highest BCUT2D eigenvalue weighted by Crippen LogP contribution is 2.23. The Bertz CT molecular complexity index is 346. The van der Waals surface area contributed by atoms with Crippen molar-refractivity contribution in [2.24, 2.45) is 5.73 Å². The zero-order valence-corrected chi connectivity index (χ0v) is 7.01. The quantitative estimate of drug-likeness (QED) is 0.718. The van der Waals surface area contributed by atoms with Gasteiger partial charge in [0.15, 0.2) is 0 Å². The molecule has 1 unspecified atom stereocenters. The van der Waals surface area contributed by atoms with Crippen LogP contribution in [0.2, 0.25) is 0 Å². The monoisotopic (exact) mass is 182 g/mol. The van der Waals surface area contributed by atoms with Gasteiger partial charge in [0, 0.05) is 0 Å². The zero-order valence-electron chi connectivity index (χ0n) is 7.01. The maximum Gasteiger partial charge on any atom is 0.132 e. The van der Waals surface area contributed by atoms with E-state index in [4.69, 9.17) is 11.0 Å². The first-order chi connectivity index (χ1) is 5.99. The molecule has 0 aliphatic heterocycles. The van der Waals surface area contributed by atoms with Crippen LogP contribution in [0, 0.1) is 23.0 Å². The van der Waals surface area contributed by atoms with E-state index in [0.29, 0.717) is 0 Å². The Balaban J connectivity index is 3.38. The summed E-state index contributed by atoms with van der Waals surface area (Å²) >= 11 is 0. The van der Waals surface area contributed by atoms with Crippen LogP contribution in [0.25, 0.3) is 0 Å². The number of rotatable bonds is 1. The number of hydrogen-bond acceptors (Lipinski definition) is 2. The van der Waals surface area contributed by atoms with Gasteiger partial charge in [-0.1, -0.05) is 6.07 Å². The predicted octanol–water partition coefficient (Wildman–Crippen LogP) is 1.66. The number of hydrogen-bond donors (Lipinski definition) is 1. The van der Waals surface area contributed by atoms with Crippen LogP contribution in [0.5, 0.6) is 0 Å². The number of halogens is 2. The first kappa shape index (κ1) is 9.62. The van der Waals surface area contributed by atoms with E-state index in [-0.39, 0.29) is 0 Å². The van der Waals surface area contributed by atoms with Gasteiger partial charge in [0.1, 0.15) is 17.2 Å². The third-order valence-corrected chi connectivity index (χ3v) is 1.71. The van der Waals surface area contributed by atoms with E-state index >= 15 is 0 Å². The lowest BCUT2D eigenvalue weighted by atomic mass is 9.94. The number of benzene rings is 1. The molecule has 0 saturated heterocycles. The average Bonchev–Trinajstić information content (AvgIpc) is 2.03. The van der Waals surface area contributed by atoms with E-state index in [2.05, 4.69) is 0 Å². The molecule has 0 bridgehead atoms. The fourth-order valence-corrected chi connectivity index (χ4v) is 1.05. The lowest BCUT2D eigenvalue weighted by molar-refractivity contribution is 0.498. The van der Waals surface area contributed by atoms with Crippen molar-refractivity contribution in [2.75, 3.05) is 0 Å². The number of nitrogens with two attached hydrogens (primary N) is 1. The van der Waals surface area contributed by atoms with E-state index < -0.39 is 22.7 Å². The molecule has 0 aromatic heterocycles. The van der Waals surface area contributed by atoms with Crippen molar-refractivity contribution in [1.82, 2.24) is 0 Å². The Morgan fingerprint density at radius 3 is 2.23 bits per heavy atom. The van der Waals surface area contributed by atoms with Crippen LogP contribution in [-0.4, -0.2) is 0 Å². The zero-order chi connectivity index (χ0) is 10.1. The van der Waals surface area contributed by atoms with Crippen LogP contribution in [0.3, 0.4) is 0 Å². The molecule has 0 aliphatic rings.